The van der Waals surface area contributed by atoms with Gasteiger partial charge >= 0.3 is 0 Å². The Morgan fingerprint density at radius 3 is 2.72 bits per heavy atom. The van der Waals surface area contributed by atoms with Crippen LogP contribution in [0.1, 0.15) is 20.9 Å². The van der Waals surface area contributed by atoms with Crippen LogP contribution in [0.2, 0.25) is 5.02 Å². The lowest BCUT2D eigenvalue weighted by molar-refractivity contribution is 0.0656. The zero-order valence-corrected chi connectivity index (χ0v) is 17.6. The zero-order chi connectivity index (χ0) is 20.1. The molecule has 3 aromatic rings. The summed E-state index contributed by atoms with van der Waals surface area (Å²) in [6, 6.07) is 7.05. The molecule has 0 bridgehead atoms. The number of amides is 1. The standard InChI is InChI=1S/C21H21ClN4O2S/c1-24-7-9-25(10-8-24)21(28)19-15-3-5-18-14(6-11-29-18)20(15)26(23-19)16-4-2-13(22)12-17(16)27/h2,4,6,11-12,27H,3,5,7-10H2,1H3. The van der Waals surface area contributed by atoms with E-state index in [4.69, 9.17) is 16.7 Å². The molecule has 0 saturated carbocycles. The van der Waals surface area contributed by atoms with Crippen molar-refractivity contribution in [1.29, 1.82) is 0 Å². The van der Waals surface area contributed by atoms with E-state index in [1.54, 1.807) is 28.2 Å². The maximum absolute atomic E-state index is 13.4. The van der Waals surface area contributed by atoms with E-state index in [1.807, 2.05) is 4.90 Å². The molecule has 150 valence electrons. The van der Waals surface area contributed by atoms with E-state index in [1.165, 1.54) is 10.9 Å². The molecule has 1 aromatic carbocycles. The van der Waals surface area contributed by atoms with Crippen molar-refractivity contribution in [2.75, 3.05) is 33.2 Å². The summed E-state index contributed by atoms with van der Waals surface area (Å²) in [7, 11) is 2.07. The number of nitrogens with zero attached hydrogens (tertiary/aromatic N) is 4. The molecule has 1 aliphatic carbocycles. The van der Waals surface area contributed by atoms with Gasteiger partial charge in [0, 0.05) is 53.3 Å². The molecule has 2 aliphatic rings. The molecule has 1 fully saturated rings. The van der Waals surface area contributed by atoms with E-state index in [0.717, 1.165) is 42.8 Å². The smallest absolute Gasteiger partial charge is 0.274 e. The Labute approximate surface area is 177 Å². The van der Waals surface area contributed by atoms with E-state index < -0.39 is 0 Å². The first-order chi connectivity index (χ1) is 14.0. The van der Waals surface area contributed by atoms with Crippen LogP contribution in [0, 0.1) is 0 Å². The second-order valence-electron chi connectivity index (χ2n) is 7.57. The number of hydrogen-bond donors (Lipinski definition) is 1. The fourth-order valence-corrected chi connectivity index (χ4v) is 5.18. The van der Waals surface area contributed by atoms with Crippen molar-refractivity contribution >= 4 is 28.8 Å². The van der Waals surface area contributed by atoms with Crippen LogP contribution in [-0.4, -0.2) is 63.8 Å². The van der Waals surface area contributed by atoms with Crippen molar-refractivity contribution in [3.63, 3.8) is 0 Å². The normalized spacial score (nSPS) is 16.6. The number of phenolic OH excluding ortho intramolecular Hbond substituents is 1. The SMILES string of the molecule is CN1CCN(C(=O)c2nn(-c3ccc(Cl)cc3O)c3c2CCc2sccc2-3)CC1. The number of fused-ring (bicyclic) bond motifs is 3. The molecule has 8 heteroatoms. The maximum Gasteiger partial charge on any atom is 0.274 e. The highest BCUT2D eigenvalue weighted by molar-refractivity contribution is 7.10. The van der Waals surface area contributed by atoms with Crippen LogP contribution in [-0.2, 0) is 12.8 Å². The number of benzene rings is 1. The lowest BCUT2D eigenvalue weighted by Crippen LogP contribution is -2.47. The van der Waals surface area contributed by atoms with Gasteiger partial charge in [0.05, 0.1) is 5.69 Å². The van der Waals surface area contributed by atoms with Crippen LogP contribution in [0.15, 0.2) is 29.6 Å². The Morgan fingerprint density at radius 1 is 1.17 bits per heavy atom. The molecule has 0 radical (unpaired) electrons. The van der Waals surface area contributed by atoms with Gasteiger partial charge in [-0.3, -0.25) is 4.79 Å². The van der Waals surface area contributed by atoms with Crippen LogP contribution in [0.4, 0.5) is 0 Å². The number of aryl methyl sites for hydroxylation is 1. The Balaban J connectivity index is 1.65. The fraction of sp³-hybridized carbons (Fsp3) is 0.333. The van der Waals surface area contributed by atoms with E-state index >= 15 is 0 Å². The molecular formula is C21H21ClN4O2S. The Bertz CT molecular complexity index is 1100. The third-order valence-electron chi connectivity index (χ3n) is 5.74. The van der Waals surface area contributed by atoms with Gasteiger partial charge < -0.3 is 14.9 Å². The monoisotopic (exact) mass is 428 g/mol. The number of carbonyl (C=O) groups is 1. The summed E-state index contributed by atoms with van der Waals surface area (Å²) in [5, 5.41) is 17.8. The molecule has 2 aromatic heterocycles. The first-order valence-corrected chi connectivity index (χ1v) is 10.9. The van der Waals surface area contributed by atoms with E-state index in [2.05, 4.69) is 23.4 Å². The van der Waals surface area contributed by atoms with Gasteiger partial charge in [-0.2, -0.15) is 5.10 Å². The Kier molecular flexibility index (Phi) is 4.61. The van der Waals surface area contributed by atoms with E-state index in [9.17, 15) is 9.90 Å². The van der Waals surface area contributed by atoms with Gasteiger partial charge in [0.25, 0.3) is 5.91 Å². The number of carbonyl (C=O) groups excluding carboxylic acids is 1. The quantitative estimate of drug-likeness (QED) is 0.679. The minimum Gasteiger partial charge on any atom is -0.506 e. The van der Waals surface area contributed by atoms with Crippen LogP contribution in [0.5, 0.6) is 5.75 Å². The van der Waals surface area contributed by atoms with Crippen molar-refractivity contribution in [3.8, 4) is 22.7 Å². The van der Waals surface area contributed by atoms with Crippen LogP contribution < -0.4 is 0 Å². The molecule has 0 unspecified atom stereocenters. The molecular weight excluding hydrogens is 408 g/mol. The topological polar surface area (TPSA) is 61.6 Å². The second-order valence-corrected chi connectivity index (χ2v) is 9.01. The van der Waals surface area contributed by atoms with Gasteiger partial charge in [-0.1, -0.05) is 11.6 Å². The minimum absolute atomic E-state index is 0.0276. The predicted octanol–water partition coefficient (Wildman–Crippen LogP) is 3.45. The average molecular weight is 429 g/mol. The Morgan fingerprint density at radius 2 is 1.97 bits per heavy atom. The number of aromatic hydroxyl groups is 1. The van der Waals surface area contributed by atoms with Gasteiger partial charge in [0.15, 0.2) is 5.69 Å². The summed E-state index contributed by atoms with van der Waals surface area (Å²) in [6.45, 7) is 3.13. The lowest BCUT2D eigenvalue weighted by Gasteiger charge is -2.32. The van der Waals surface area contributed by atoms with Gasteiger partial charge in [-0.25, -0.2) is 4.68 Å². The number of rotatable bonds is 2. The first kappa shape index (κ1) is 18.7. The number of phenols is 1. The maximum atomic E-state index is 13.4. The number of piperazine rings is 1. The molecule has 1 N–H and O–H groups in total. The molecule has 0 atom stereocenters. The van der Waals surface area contributed by atoms with Crippen molar-refractivity contribution < 1.29 is 9.90 Å². The molecule has 0 spiro atoms. The third-order valence-corrected chi connectivity index (χ3v) is 6.96. The summed E-state index contributed by atoms with van der Waals surface area (Å²) < 4.78 is 1.72. The lowest BCUT2D eigenvalue weighted by atomic mass is 9.94. The van der Waals surface area contributed by atoms with Crippen LogP contribution in [0.25, 0.3) is 16.9 Å². The molecule has 29 heavy (non-hydrogen) atoms. The van der Waals surface area contributed by atoms with Crippen molar-refractivity contribution in [2.24, 2.45) is 0 Å². The molecule has 5 rings (SSSR count). The highest BCUT2D eigenvalue weighted by atomic mass is 35.5. The van der Waals surface area contributed by atoms with Crippen LogP contribution >= 0.6 is 22.9 Å². The van der Waals surface area contributed by atoms with Gasteiger partial charge in [0.1, 0.15) is 11.4 Å². The van der Waals surface area contributed by atoms with Gasteiger partial charge in [-0.05, 0) is 43.5 Å². The zero-order valence-electron chi connectivity index (χ0n) is 16.1. The second kappa shape index (κ2) is 7.16. The number of aromatic nitrogens is 2. The molecule has 6 nitrogen and oxygen atoms in total. The number of likely N-dealkylation sites (N-methyl/N-ethyl adjacent to an activating group) is 1. The fourth-order valence-electron chi connectivity index (χ4n) is 4.13. The molecule has 3 heterocycles. The highest BCUT2D eigenvalue weighted by Gasteiger charge is 2.32. The van der Waals surface area contributed by atoms with Gasteiger partial charge in [-0.15, -0.1) is 11.3 Å². The van der Waals surface area contributed by atoms with Crippen molar-refractivity contribution in [2.45, 2.75) is 12.8 Å². The van der Waals surface area contributed by atoms with Gasteiger partial charge in [0.2, 0.25) is 0 Å². The third kappa shape index (κ3) is 3.13. The predicted molar refractivity (Wildman–Crippen MR) is 114 cm³/mol. The van der Waals surface area contributed by atoms with Crippen molar-refractivity contribution in [3.05, 3.63) is 50.8 Å². The summed E-state index contributed by atoms with van der Waals surface area (Å²) in [6.07, 6.45) is 1.67. The first-order valence-electron chi connectivity index (χ1n) is 9.68. The number of hydrogen-bond acceptors (Lipinski definition) is 5. The summed E-state index contributed by atoms with van der Waals surface area (Å²) in [5.41, 5.74) is 3.99. The Hall–Kier alpha value is -2.35. The minimum atomic E-state index is -0.0276. The summed E-state index contributed by atoms with van der Waals surface area (Å²) in [4.78, 5) is 18.8. The molecule has 1 aliphatic heterocycles. The molecule has 1 saturated heterocycles. The summed E-state index contributed by atoms with van der Waals surface area (Å²) in [5.74, 6) is 0.0176. The van der Waals surface area contributed by atoms with Crippen molar-refractivity contribution in [1.82, 2.24) is 19.6 Å². The number of thiophene rings is 1. The van der Waals surface area contributed by atoms with E-state index in [0.29, 0.717) is 29.5 Å². The highest BCUT2D eigenvalue weighted by Crippen LogP contribution is 2.41. The average Bonchev–Trinajstić information content (AvgIpc) is 3.32. The largest absolute Gasteiger partial charge is 0.506 e. The van der Waals surface area contributed by atoms with E-state index in [-0.39, 0.29) is 11.7 Å². The number of halogens is 1. The summed E-state index contributed by atoms with van der Waals surface area (Å²) >= 11 is 7.75. The van der Waals surface area contributed by atoms with Crippen LogP contribution in [0.3, 0.4) is 0 Å². The molecule has 1 amide bonds.